The van der Waals surface area contributed by atoms with Crippen LogP contribution in [0, 0.1) is 0 Å². The summed E-state index contributed by atoms with van der Waals surface area (Å²) in [6.45, 7) is 0.566. The van der Waals surface area contributed by atoms with E-state index in [4.69, 9.17) is 4.74 Å². The first-order valence-corrected chi connectivity index (χ1v) is 6.79. The molecule has 0 saturated carbocycles. The number of hydrogen-bond acceptors (Lipinski definition) is 4. The zero-order valence-corrected chi connectivity index (χ0v) is 11.0. The maximum absolute atomic E-state index is 11.8. The van der Waals surface area contributed by atoms with Gasteiger partial charge in [0.05, 0.1) is 12.9 Å². The molecule has 1 aromatic carbocycles. The van der Waals surface area contributed by atoms with Crippen LogP contribution in [0.2, 0.25) is 0 Å². The molecule has 1 saturated heterocycles. The average molecular weight is 265 g/mol. The molecule has 4 nitrogen and oxygen atoms in total. The number of nitrogens with zero attached hydrogens (tertiary/aromatic N) is 1. The minimum Gasteiger partial charge on any atom is -0.497 e. The number of amides is 2. The van der Waals surface area contributed by atoms with Gasteiger partial charge >= 0.3 is 0 Å². The zero-order valence-electron chi connectivity index (χ0n) is 10.2. The minimum absolute atomic E-state index is 0.0498. The van der Waals surface area contributed by atoms with Crippen molar-refractivity contribution in [2.75, 3.05) is 19.4 Å². The van der Waals surface area contributed by atoms with Crippen molar-refractivity contribution >= 4 is 23.6 Å². The molecular weight excluding hydrogens is 250 g/mol. The van der Waals surface area contributed by atoms with E-state index in [0.717, 1.165) is 17.1 Å². The molecule has 0 spiro atoms. The topological polar surface area (TPSA) is 46.6 Å². The summed E-state index contributed by atoms with van der Waals surface area (Å²) in [5.41, 5.74) is 0. The van der Waals surface area contributed by atoms with Gasteiger partial charge in [0, 0.05) is 17.9 Å². The van der Waals surface area contributed by atoms with Crippen molar-refractivity contribution in [2.45, 2.75) is 17.7 Å². The molecule has 2 amide bonds. The first-order chi connectivity index (χ1) is 8.70. The van der Waals surface area contributed by atoms with Gasteiger partial charge < -0.3 is 4.74 Å². The zero-order chi connectivity index (χ0) is 13.0. The van der Waals surface area contributed by atoms with E-state index >= 15 is 0 Å². The molecule has 1 aliphatic heterocycles. The first kappa shape index (κ1) is 13.0. The van der Waals surface area contributed by atoms with Gasteiger partial charge in [0.2, 0.25) is 11.8 Å². The lowest BCUT2D eigenvalue weighted by molar-refractivity contribution is -0.140. The van der Waals surface area contributed by atoms with Crippen molar-refractivity contribution in [3.8, 4) is 5.75 Å². The van der Waals surface area contributed by atoms with Crippen molar-refractivity contribution in [1.29, 1.82) is 0 Å². The van der Waals surface area contributed by atoms with Crippen molar-refractivity contribution in [3.63, 3.8) is 0 Å². The lowest BCUT2D eigenvalue weighted by Gasteiger charge is -2.13. The van der Waals surface area contributed by atoms with Crippen molar-refractivity contribution in [2.24, 2.45) is 0 Å². The first-order valence-electron chi connectivity index (χ1n) is 5.81. The number of methoxy groups -OCH3 is 1. The summed E-state index contributed by atoms with van der Waals surface area (Å²) < 4.78 is 5.12. The van der Waals surface area contributed by atoms with Crippen LogP contribution >= 0.6 is 11.8 Å². The highest BCUT2D eigenvalue weighted by Gasteiger charge is 2.25. The largest absolute Gasteiger partial charge is 0.497 e. The number of carbonyl (C=O) groups excluding carboxylic acids is 2. The summed E-state index contributed by atoms with van der Waals surface area (Å²) in [5.74, 6) is 0.903. The number of hydrogen-bond donors (Lipinski definition) is 0. The molecule has 1 fully saturated rings. The molecule has 5 heteroatoms. The molecule has 1 heterocycles. The van der Waals surface area contributed by atoms with Crippen molar-refractivity contribution in [3.05, 3.63) is 24.3 Å². The molecule has 2 rings (SSSR count). The Labute approximate surface area is 110 Å². The smallest absolute Gasteiger partial charge is 0.239 e. The SMILES string of the molecule is COc1cccc(SCC(=O)N2CCCC2=O)c1. The molecule has 0 atom stereocenters. The molecule has 0 bridgehead atoms. The second-order valence-electron chi connectivity index (χ2n) is 4.01. The maximum atomic E-state index is 11.8. The number of imide groups is 1. The average Bonchev–Trinajstić information content (AvgIpc) is 2.82. The van der Waals surface area contributed by atoms with Crippen LogP contribution in [0.3, 0.4) is 0 Å². The quantitative estimate of drug-likeness (QED) is 0.781. The highest BCUT2D eigenvalue weighted by Crippen LogP contribution is 2.23. The highest BCUT2D eigenvalue weighted by molar-refractivity contribution is 8.00. The molecule has 1 aliphatic rings. The van der Waals surface area contributed by atoms with Gasteiger partial charge in [0.25, 0.3) is 0 Å². The van der Waals surface area contributed by atoms with E-state index in [9.17, 15) is 9.59 Å². The Kier molecular flexibility index (Phi) is 4.25. The second kappa shape index (κ2) is 5.91. The van der Waals surface area contributed by atoms with Gasteiger partial charge in [-0.3, -0.25) is 14.5 Å². The summed E-state index contributed by atoms with van der Waals surface area (Å²) in [6.07, 6.45) is 1.28. The number of carbonyl (C=O) groups is 2. The summed E-state index contributed by atoms with van der Waals surface area (Å²) >= 11 is 1.42. The molecule has 0 radical (unpaired) electrons. The molecule has 0 unspecified atom stereocenters. The van der Waals surface area contributed by atoms with E-state index < -0.39 is 0 Å². The van der Waals surface area contributed by atoms with E-state index in [1.807, 2.05) is 24.3 Å². The molecule has 0 N–H and O–H groups in total. The summed E-state index contributed by atoms with van der Waals surface area (Å²) in [7, 11) is 1.61. The molecule has 0 aliphatic carbocycles. The van der Waals surface area contributed by atoms with Gasteiger partial charge in [-0.05, 0) is 24.6 Å². The third-order valence-electron chi connectivity index (χ3n) is 2.78. The van der Waals surface area contributed by atoms with Crippen LogP contribution in [0.25, 0.3) is 0 Å². The molecule has 1 aromatic rings. The van der Waals surface area contributed by atoms with Crippen LogP contribution in [-0.4, -0.2) is 36.1 Å². The number of ether oxygens (including phenoxy) is 1. The fourth-order valence-corrected chi connectivity index (χ4v) is 2.65. The van der Waals surface area contributed by atoms with Crippen molar-refractivity contribution < 1.29 is 14.3 Å². The number of likely N-dealkylation sites (tertiary alicyclic amines) is 1. The van der Waals surface area contributed by atoms with E-state index in [1.54, 1.807) is 7.11 Å². The lowest BCUT2D eigenvalue weighted by atomic mass is 10.3. The predicted octanol–water partition coefficient (Wildman–Crippen LogP) is 1.94. The molecule has 18 heavy (non-hydrogen) atoms. The Balaban J connectivity index is 1.90. The van der Waals surface area contributed by atoms with Crippen LogP contribution in [0.15, 0.2) is 29.2 Å². The monoisotopic (exact) mass is 265 g/mol. The van der Waals surface area contributed by atoms with Crippen molar-refractivity contribution in [1.82, 2.24) is 4.90 Å². The Bertz CT molecular complexity index is 461. The maximum Gasteiger partial charge on any atom is 0.239 e. The number of thioether (sulfide) groups is 1. The molecular formula is C13H15NO3S. The minimum atomic E-state index is -0.106. The number of rotatable bonds is 4. The normalized spacial score (nSPS) is 14.9. The van der Waals surface area contributed by atoms with Crippen LogP contribution in [-0.2, 0) is 9.59 Å². The molecule has 96 valence electrons. The third kappa shape index (κ3) is 3.04. The van der Waals surface area contributed by atoms with Crippen LogP contribution in [0.4, 0.5) is 0 Å². The third-order valence-corrected chi connectivity index (χ3v) is 3.76. The lowest BCUT2D eigenvalue weighted by Crippen LogP contribution is -2.33. The summed E-state index contributed by atoms with van der Waals surface area (Å²) in [5, 5.41) is 0. The fourth-order valence-electron chi connectivity index (χ4n) is 1.83. The van der Waals surface area contributed by atoms with Crippen LogP contribution in [0.1, 0.15) is 12.8 Å². The van der Waals surface area contributed by atoms with Gasteiger partial charge in [-0.1, -0.05) is 6.07 Å². The Morgan fingerprint density at radius 3 is 3.00 bits per heavy atom. The van der Waals surface area contributed by atoms with Gasteiger partial charge in [0.1, 0.15) is 5.75 Å². The molecule has 0 aromatic heterocycles. The Morgan fingerprint density at radius 2 is 2.33 bits per heavy atom. The van der Waals surface area contributed by atoms with Crippen LogP contribution in [0.5, 0.6) is 5.75 Å². The predicted molar refractivity (Wildman–Crippen MR) is 69.7 cm³/mol. The van der Waals surface area contributed by atoms with Gasteiger partial charge in [-0.25, -0.2) is 0 Å². The summed E-state index contributed by atoms with van der Waals surface area (Å²) in [6, 6.07) is 7.54. The van der Waals surface area contributed by atoms with E-state index in [2.05, 4.69) is 0 Å². The summed E-state index contributed by atoms with van der Waals surface area (Å²) in [4.78, 5) is 25.6. The van der Waals surface area contributed by atoms with Crippen LogP contribution < -0.4 is 4.74 Å². The van der Waals surface area contributed by atoms with Gasteiger partial charge in [-0.15, -0.1) is 11.8 Å². The Morgan fingerprint density at radius 1 is 1.50 bits per heavy atom. The number of benzene rings is 1. The van der Waals surface area contributed by atoms with E-state index in [1.165, 1.54) is 16.7 Å². The second-order valence-corrected chi connectivity index (χ2v) is 5.06. The fraction of sp³-hybridized carbons (Fsp3) is 0.385. The standard InChI is InChI=1S/C13H15NO3S/c1-17-10-4-2-5-11(8-10)18-9-13(16)14-7-3-6-12(14)15/h2,4-5,8H,3,6-7,9H2,1H3. The Hall–Kier alpha value is -1.49. The van der Waals surface area contributed by atoms with E-state index in [-0.39, 0.29) is 11.8 Å². The van der Waals surface area contributed by atoms with Gasteiger partial charge in [0.15, 0.2) is 0 Å². The van der Waals surface area contributed by atoms with E-state index in [0.29, 0.717) is 18.7 Å². The van der Waals surface area contributed by atoms with Gasteiger partial charge in [-0.2, -0.15) is 0 Å². The highest BCUT2D eigenvalue weighted by atomic mass is 32.2.